The third-order valence-electron chi connectivity index (χ3n) is 4.34. The lowest BCUT2D eigenvalue weighted by molar-refractivity contribution is -0.122. The topological polar surface area (TPSA) is 35.6 Å². The van der Waals surface area contributed by atoms with E-state index in [4.69, 9.17) is 0 Å². The average molecular weight is 346 g/mol. The van der Waals surface area contributed by atoms with E-state index in [2.05, 4.69) is 35.5 Å². The van der Waals surface area contributed by atoms with E-state index in [0.29, 0.717) is 5.91 Å². The molecule has 4 nitrogen and oxygen atoms in total. The molecule has 1 aromatic rings. The van der Waals surface area contributed by atoms with Crippen LogP contribution in [0.2, 0.25) is 0 Å². The van der Waals surface area contributed by atoms with Crippen LogP contribution >= 0.6 is 24.8 Å². The summed E-state index contributed by atoms with van der Waals surface area (Å²) in [5.74, 6) is 0.431. The van der Waals surface area contributed by atoms with Crippen molar-refractivity contribution in [2.24, 2.45) is 5.92 Å². The Balaban J connectivity index is 0.00000121. The molecule has 1 atom stereocenters. The van der Waals surface area contributed by atoms with Crippen molar-refractivity contribution in [3.8, 4) is 0 Å². The molecule has 124 valence electrons. The van der Waals surface area contributed by atoms with Gasteiger partial charge in [0.15, 0.2) is 0 Å². The van der Waals surface area contributed by atoms with Crippen molar-refractivity contribution < 1.29 is 4.79 Å². The summed E-state index contributed by atoms with van der Waals surface area (Å²) in [6.45, 7) is 4.52. The maximum Gasteiger partial charge on any atom is 0.231 e. The number of hydrogen-bond acceptors (Lipinski definition) is 3. The number of halogens is 2. The highest BCUT2D eigenvalue weighted by atomic mass is 35.5. The van der Waals surface area contributed by atoms with E-state index < -0.39 is 0 Å². The first kappa shape index (κ1) is 19.2. The molecule has 0 radical (unpaired) electrons. The van der Waals surface area contributed by atoms with Gasteiger partial charge >= 0.3 is 0 Å². The highest BCUT2D eigenvalue weighted by Gasteiger charge is 2.29. The molecule has 2 aliphatic rings. The Labute approximate surface area is 145 Å². The molecule has 0 aromatic heterocycles. The van der Waals surface area contributed by atoms with E-state index in [1.165, 1.54) is 5.56 Å². The Morgan fingerprint density at radius 2 is 2.00 bits per heavy atom. The number of para-hydroxylation sites is 1. The lowest BCUT2D eigenvalue weighted by Crippen LogP contribution is -2.44. The lowest BCUT2D eigenvalue weighted by Gasteiger charge is -2.29. The molecule has 0 aliphatic carbocycles. The normalized spacial score (nSPS) is 21.9. The second kappa shape index (κ2) is 8.73. The van der Waals surface area contributed by atoms with Crippen LogP contribution in [0.5, 0.6) is 0 Å². The van der Waals surface area contributed by atoms with E-state index in [1.54, 1.807) is 0 Å². The van der Waals surface area contributed by atoms with Gasteiger partial charge in [0.1, 0.15) is 0 Å². The molecule has 1 N–H and O–H groups in total. The van der Waals surface area contributed by atoms with Crippen molar-refractivity contribution in [2.45, 2.75) is 19.4 Å². The standard InChI is InChI=1S/C16H23N3O.2ClH/c1-18-9-10-19(15-7-3-2-5-14(15)12-18)16(20)13-6-4-8-17-11-13;;/h2-3,5,7,13,17H,4,6,8-12H2,1H3;2*1H. The number of nitrogens with one attached hydrogen (secondary N) is 1. The van der Waals surface area contributed by atoms with Gasteiger partial charge in [-0.2, -0.15) is 0 Å². The monoisotopic (exact) mass is 345 g/mol. The number of rotatable bonds is 1. The summed E-state index contributed by atoms with van der Waals surface area (Å²) in [6.07, 6.45) is 2.12. The number of hydrogen-bond donors (Lipinski definition) is 1. The first-order valence-corrected chi connectivity index (χ1v) is 7.54. The Bertz CT molecular complexity index is 492. The molecule has 0 spiro atoms. The zero-order valence-electron chi connectivity index (χ0n) is 13.0. The Morgan fingerprint density at radius 3 is 2.73 bits per heavy atom. The number of fused-ring (bicyclic) bond motifs is 1. The van der Waals surface area contributed by atoms with Crippen molar-refractivity contribution in [2.75, 3.05) is 38.1 Å². The fraction of sp³-hybridized carbons (Fsp3) is 0.562. The van der Waals surface area contributed by atoms with Gasteiger partial charge in [-0.1, -0.05) is 18.2 Å². The molecular formula is C16H25Cl2N3O. The van der Waals surface area contributed by atoms with Crippen LogP contribution < -0.4 is 10.2 Å². The zero-order valence-corrected chi connectivity index (χ0v) is 14.6. The summed E-state index contributed by atoms with van der Waals surface area (Å²) in [6, 6.07) is 8.31. The van der Waals surface area contributed by atoms with Crippen molar-refractivity contribution in [3.63, 3.8) is 0 Å². The first-order valence-electron chi connectivity index (χ1n) is 7.54. The maximum absolute atomic E-state index is 12.8. The van der Waals surface area contributed by atoms with Crippen LogP contribution in [-0.2, 0) is 11.3 Å². The number of likely N-dealkylation sites (N-methyl/N-ethyl adjacent to an activating group) is 1. The molecule has 0 bridgehead atoms. The van der Waals surface area contributed by atoms with Crippen LogP contribution in [0.15, 0.2) is 24.3 Å². The van der Waals surface area contributed by atoms with E-state index in [-0.39, 0.29) is 30.7 Å². The summed E-state index contributed by atoms with van der Waals surface area (Å²) in [4.78, 5) is 17.1. The fourth-order valence-corrected chi connectivity index (χ4v) is 3.18. The molecule has 1 fully saturated rings. The van der Waals surface area contributed by atoms with Gasteiger partial charge in [-0.05, 0) is 38.1 Å². The van der Waals surface area contributed by atoms with Gasteiger partial charge < -0.3 is 15.1 Å². The Morgan fingerprint density at radius 1 is 1.23 bits per heavy atom. The van der Waals surface area contributed by atoms with Crippen LogP contribution in [0.4, 0.5) is 5.69 Å². The molecular weight excluding hydrogens is 321 g/mol. The number of carbonyl (C=O) groups excluding carboxylic acids is 1. The highest BCUT2D eigenvalue weighted by molar-refractivity contribution is 5.96. The molecule has 1 amide bonds. The second-order valence-electron chi connectivity index (χ2n) is 5.90. The predicted octanol–water partition coefficient (Wildman–Crippen LogP) is 2.31. The Kier molecular flexibility index (Phi) is 7.63. The summed E-state index contributed by atoms with van der Waals surface area (Å²) in [5, 5.41) is 3.35. The molecule has 2 aliphatic heterocycles. The van der Waals surface area contributed by atoms with E-state index >= 15 is 0 Å². The van der Waals surface area contributed by atoms with Crippen molar-refractivity contribution >= 4 is 36.4 Å². The number of nitrogens with zero attached hydrogens (tertiary/aromatic N) is 2. The number of piperidine rings is 1. The minimum absolute atomic E-state index is 0. The molecule has 1 unspecified atom stereocenters. The second-order valence-corrected chi connectivity index (χ2v) is 5.90. The largest absolute Gasteiger partial charge is 0.316 e. The number of amides is 1. The number of benzene rings is 1. The zero-order chi connectivity index (χ0) is 13.9. The minimum atomic E-state index is 0. The SMILES string of the molecule is CN1CCN(C(=O)C2CCCNC2)c2ccccc2C1.Cl.Cl. The van der Waals surface area contributed by atoms with Gasteiger partial charge in [-0.3, -0.25) is 4.79 Å². The quantitative estimate of drug-likeness (QED) is 0.848. The summed E-state index contributed by atoms with van der Waals surface area (Å²) >= 11 is 0. The van der Waals surface area contributed by atoms with Crippen LogP contribution in [0.1, 0.15) is 18.4 Å². The number of carbonyl (C=O) groups is 1. The summed E-state index contributed by atoms with van der Waals surface area (Å²) < 4.78 is 0. The van der Waals surface area contributed by atoms with Gasteiger partial charge in [-0.25, -0.2) is 0 Å². The molecule has 0 saturated carbocycles. The molecule has 22 heavy (non-hydrogen) atoms. The van der Waals surface area contributed by atoms with Crippen molar-refractivity contribution in [3.05, 3.63) is 29.8 Å². The van der Waals surface area contributed by atoms with E-state index in [0.717, 1.165) is 51.3 Å². The molecule has 2 heterocycles. The lowest BCUT2D eigenvalue weighted by atomic mass is 9.97. The van der Waals surface area contributed by atoms with Crippen molar-refractivity contribution in [1.29, 1.82) is 0 Å². The van der Waals surface area contributed by atoms with Crippen molar-refractivity contribution in [1.82, 2.24) is 10.2 Å². The summed E-state index contributed by atoms with van der Waals surface area (Å²) in [7, 11) is 2.12. The van der Waals surface area contributed by atoms with E-state index in [9.17, 15) is 4.79 Å². The first-order chi connectivity index (χ1) is 9.75. The molecule has 1 saturated heterocycles. The fourth-order valence-electron chi connectivity index (χ4n) is 3.18. The van der Waals surface area contributed by atoms with E-state index in [1.807, 2.05) is 11.0 Å². The smallest absolute Gasteiger partial charge is 0.231 e. The maximum atomic E-state index is 12.8. The highest BCUT2D eigenvalue weighted by Crippen LogP contribution is 2.27. The van der Waals surface area contributed by atoms with Gasteiger partial charge in [0.2, 0.25) is 5.91 Å². The van der Waals surface area contributed by atoms with Gasteiger partial charge in [0.05, 0.1) is 5.92 Å². The molecule has 6 heteroatoms. The third kappa shape index (κ3) is 4.13. The van der Waals surface area contributed by atoms with Gasteiger partial charge in [-0.15, -0.1) is 24.8 Å². The average Bonchev–Trinajstić information content (AvgIpc) is 2.66. The van der Waals surface area contributed by atoms with Gasteiger partial charge in [0.25, 0.3) is 0 Å². The Hall–Kier alpha value is -0.810. The number of anilines is 1. The molecule has 1 aromatic carbocycles. The van der Waals surface area contributed by atoms with Crippen LogP contribution in [0.3, 0.4) is 0 Å². The summed E-state index contributed by atoms with van der Waals surface area (Å²) in [5.41, 5.74) is 2.36. The van der Waals surface area contributed by atoms with Crippen LogP contribution in [-0.4, -0.2) is 44.0 Å². The minimum Gasteiger partial charge on any atom is -0.316 e. The third-order valence-corrected chi connectivity index (χ3v) is 4.34. The van der Waals surface area contributed by atoms with Crippen LogP contribution in [0.25, 0.3) is 0 Å². The predicted molar refractivity (Wildman–Crippen MR) is 95.2 cm³/mol. The molecule has 3 rings (SSSR count). The van der Waals surface area contributed by atoms with Crippen LogP contribution in [0, 0.1) is 5.92 Å². The van der Waals surface area contributed by atoms with Gasteiger partial charge in [0, 0.05) is 31.9 Å².